The second-order valence-electron chi connectivity index (χ2n) is 15.3. The Morgan fingerprint density at radius 1 is 0.809 bits per heavy atom. The van der Waals surface area contributed by atoms with Crippen LogP contribution in [0.4, 0.5) is 26.3 Å². The van der Waals surface area contributed by atoms with Crippen molar-refractivity contribution in [2.24, 2.45) is 0 Å². The molecular formula is C44H52F6N5O12P. The van der Waals surface area contributed by atoms with Crippen LogP contribution in [0, 0.1) is 6.92 Å². The molecule has 4 aromatic rings. The van der Waals surface area contributed by atoms with Crippen LogP contribution < -0.4 is 31.4 Å². The number of carbonyl (C=O) groups is 2. The summed E-state index contributed by atoms with van der Waals surface area (Å²) in [6.45, 7) is -1.26. The number of aryl methyl sites for hydroxylation is 1. The van der Waals surface area contributed by atoms with Gasteiger partial charge in [-0.3, -0.25) is 23.9 Å². The van der Waals surface area contributed by atoms with Crippen molar-refractivity contribution >= 4 is 20.3 Å². The first kappa shape index (κ1) is 53.6. The van der Waals surface area contributed by atoms with Crippen LogP contribution in [0.25, 0.3) is 0 Å². The summed E-state index contributed by atoms with van der Waals surface area (Å²) in [4.78, 5) is 50.5. The van der Waals surface area contributed by atoms with Gasteiger partial charge in [0.05, 0.1) is 53.4 Å². The molecule has 17 nitrogen and oxygen atoms in total. The first-order chi connectivity index (χ1) is 32.3. The largest absolute Gasteiger partial charge is 0.497 e. The van der Waals surface area contributed by atoms with Crippen molar-refractivity contribution in [1.82, 2.24) is 24.9 Å². The molecule has 0 aliphatic carbocycles. The minimum atomic E-state index is -5.12. The number of benzene rings is 3. The fourth-order valence-corrected chi connectivity index (χ4v) is 8.14. The number of nitrogens with zero attached hydrogens (tertiary/aromatic N) is 2. The summed E-state index contributed by atoms with van der Waals surface area (Å²) in [7, 11) is 4.17. The van der Waals surface area contributed by atoms with E-state index in [1.54, 1.807) is 67.9 Å². The van der Waals surface area contributed by atoms with Gasteiger partial charge >= 0.3 is 29.9 Å². The van der Waals surface area contributed by atoms with E-state index >= 15 is 0 Å². The molecule has 0 saturated carbocycles. The van der Waals surface area contributed by atoms with Gasteiger partial charge in [-0.25, -0.2) is 9.46 Å². The molecule has 24 heteroatoms. The SMILES string of the molecule is COc1ccc(C(OC[C@H]2O[C@@H](n3cc(C)c(=O)[nH]c3=O)C[C@@H]2OP(OC(COCCNC(=O)C(F)(F)F)COCCNC(=O)C(F)(F)F)N(C)C)(c2ccccc2)c2ccc(OC)cc2)cc1. The van der Waals surface area contributed by atoms with Crippen molar-refractivity contribution < 1.29 is 73.4 Å². The average molecular weight is 988 g/mol. The molecule has 3 aromatic carbocycles. The molecule has 2 heterocycles. The Hall–Kier alpha value is -5.39. The zero-order valence-electron chi connectivity index (χ0n) is 37.6. The lowest BCUT2D eigenvalue weighted by atomic mass is 9.80. The molecule has 68 heavy (non-hydrogen) atoms. The van der Waals surface area contributed by atoms with E-state index < -0.39 is 100 Å². The van der Waals surface area contributed by atoms with Gasteiger partial charge in [0.1, 0.15) is 35.5 Å². The lowest BCUT2D eigenvalue weighted by molar-refractivity contribution is -0.173. The maximum atomic E-state index is 13.2. The molecule has 372 valence electrons. The Kier molecular flexibility index (Phi) is 19.1. The zero-order valence-corrected chi connectivity index (χ0v) is 38.5. The molecule has 2 amide bonds. The summed E-state index contributed by atoms with van der Waals surface area (Å²) in [5, 5.41) is 3.36. The lowest BCUT2D eigenvalue weighted by Gasteiger charge is -2.37. The quantitative estimate of drug-likeness (QED) is 0.0364. The highest BCUT2D eigenvalue weighted by atomic mass is 31.2. The lowest BCUT2D eigenvalue weighted by Crippen LogP contribution is -2.39. The van der Waals surface area contributed by atoms with Gasteiger partial charge in [-0.05, 0) is 62.0 Å². The Morgan fingerprint density at radius 3 is 1.78 bits per heavy atom. The van der Waals surface area contributed by atoms with E-state index in [4.69, 9.17) is 37.5 Å². The highest BCUT2D eigenvalue weighted by molar-refractivity contribution is 7.44. The fraction of sp³-hybridized carbons (Fsp3) is 0.455. The number of halogens is 6. The molecule has 3 N–H and O–H groups in total. The molecule has 0 spiro atoms. The second kappa shape index (κ2) is 24.2. The molecular weight excluding hydrogens is 935 g/mol. The number of aromatic nitrogens is 2. The number of carbonyl (C=O) groups excluding carboxylic acids is 2. The Balaban J connectivity index is 1.46. The van der Waals surface area contributed by atoms with Crippen LogP contribution in [-0.4, -0.2) is 131 Å². The van der Waals surface area contributed by atoms with Gasteiger partial charge in [0.25, 0.3) is 14.1 Å². The third-order valence-corrected chi connectivity index (χ3v) is 11.8. The monoisotopic (exact) mass is 987 g/mol. The fourth-order valence-electron chi connectivity index (χ4n) is 6.88. The number of methoxy groups -OCH3 is 2. The van der Waals surface area contributed by atoms with E-state index in [1.807, 2.05) is 54.6 Å². The highest BCUT2D eigenvalue weighted by Gasteiger charge is 2.45. The summed E-state index contributed by atoms with van der Waals surface area (Å²) in [6.07, 6.45) is -12.9. The Bertz CT molecular complexity index is 2270. The summed E-state index contributed by atoms with van der Waals surface area (Å²) >= 11 is 0. The summed E-state index contributed by atoms with van der Waals surface area (Å²) in [5.41, 5.74) is -0.302. The van der Waals surface area contributed by atoms with E-state index in [9.17, 15) is 45.5 Å². The second-order valence-corrected chi connectivity index (χ2v) is 17.0. The van der Waals surface area contributed by atoms with Crippen LogP contribution in [0.5, 0.6) is 11.5 Å². The minimum Gasteiger partial charge on any atom is -0.497 e. The standard InChI is InChI=1S/C44H52F6N5O12P/c1-28-24-55(41(59)53-38(28)56)37-23-35(67-68(54(2)3)66-34(25-62-21-19-51-39(57)43(45,46)47)26-63-22-20-52-40(58)44(48,49)50)36(65-37)27-64-42(29-9-7-6-8-10-29,30-11-15-32(60-4)16-12-30)31-13-17-33(61-5)18-14-31/h6-18,24,34-37H,19-23,25-27H2,1-5H3,(H,51,57)(H,52,58)(H,53,56,59)/t35-,36+,37+,68?/m0/s1. The third-order valence-electron chi connectivity index (χ3n) is 10.3. The number of alkyl halides is 6. The number of hydrogen-bond donors (Lipinski definition) is 3. The minimum absolute atomic E-state index is 0.00827. The number of amides is 2. The van der Waals surface area contributed by atoms with Gasteiger partial charge in [0, 0.05) is 31.3 Å². The van der Waals surface area contributed by atoms with Crippen molar-refractivity contribution in [2.75, 3.05) is 74.4 Å². The van der Waals surface area contributed by atoms with Crippen LogP contribution >= 0.6 is 8.53 Å². The zero-order chi connectivity index (χ0) is 49.6. The number of H-pyrrole nitrogens is 1. The van der Waals surface area contributed by atoms with Gasteiger partial charge in [0.15, 0.2) is 0 Å². The van der Waals surface area contributed by atoms with E-state index in [0.717, 1.165) is 5.56 Å². The summed E-state index contributed by atoms with van der Waals surface area (Å²) in [6, 6.07) is 24.0. The Morgan fingerprint density at radius 2 is 1.31 bits per heavy atom. The van der Waals surface area contributed by atoms with E-state index in [2.05, 4.69) is 4.98 Å². The molecule has 4 atom stereocenters. The van der Waals surface area contributed by atoms with Crippen molar-refractivity contribution in [3.63, 3.8) is 0 Å². The van der Waals surface area contributed by atoms with Gasteiger partial charge in [-0.2, -0.15) is 26.3 Å². The smallest absolute Gasteiger partial charge is 0.471 e. The van der Waals surface area contributed by atoms with Crippen LogP contribution in [0.2, 0.25) is 0 Å². The summed E-state index contributed by atoms with van der Waals surface area (Å²) in [5.74, 6) is -3.16. The molecule has 1 aliphatic heterocycles. The molecule has 1 aliphatic rings. The van der Waals surface area contributed by atoms with Crippen molar-refractivity contribution in [2.45, 2.75) is 55.8 Å². The molecule has 5 rings (SSSR count). The van der Waals surface area contributed by atoms with Crippen molar-refractivity contribution in [1.29, 1.82) is 0 Å². The van der Waals surface area contributed by atoms with Crippen molar-refractivity contribution in [3.8, 4) is 11.5 Å². The van der Waals surface area contributed by atoms with Crippen molar-refractivity contribution in [3.05, 3.63) is 128 Å². The Labute approximate surface area is 387 Å². The molecule has 0 radical (unpaired) electrons. The van der Waals surface area contributed by atoms with Crippen LogP contribution in [0.3, 0.4) is 0 Å². The highest BCUT2D eigenvalue weighted by Crippen LogP contribution is 2.48. The first-order valence-electron chi connectivity index (χ1n) is 20.9. The molecule has 0 bridgehead atoms. The van der Waals surface area contributed by atoms with Gasteiger partial charge in [-0.1, -0.05) is 54.6 Å². The van der Waals surface area contributed by atoms with Gasteiger partial charge in [-0.15, -0.1) is 0 Å². The predicted molar refractivity (Wildman–Crippen MR) is 233 cm³/mol. The maximum Gasteiger partial charge on any atom is 0.471 e. The molecule has 1 unspecified atom stereocenters. The van der Waals surface area contributed by atoms with Crippen LogP contribution in [0.1, 0.15) is 34.9 Å². The van der Waals surface area contributed by atoms with Crippen LogP contribution in [0.15, 0.2) is 94.6 Å². The molecule has 1 fully saturated rings. The topological polar surface area (TPSA) is 190 Å². The molecule has 1 aromatic heterocycles. The van der Waals surface area contributed by atoms with Gasteiger partial charge < -0.3 is 48.1 Å². The maximum absolute atomic E-state index is 13.2. The number of rotatable bonds is 24. The third kappa shape index (κ3) is 14.3. The van der Waals surface area contributed by atoms with Gasteiger partial charge in [0.2, 0.25) is 0 Å². The normalized spacial score (nSPS) is 17.0. The predicted octanol–water partition coefficient (Wildman–Crippen LogP) is 5.11. The number of aromatic amines is 1. The van der Waals surface area contributed by atoms with E-state index in [-0.39, 0.29) is 31.8 Å². The number of ether oxygens (including phenoxy) is 6. The van der Waals surface area contributed by atoms with E-state index in [0.29, 0.717) is 22.6 Å². The molecule has 1 saturated heterocycles. The van der Waals surface area contributed by atoms with Crippen LogP contribution in [-0.2, 0) is 43.2 Å². The van der Waals surface area contributed by atoms with E-state index in [1.165, 1.54) is 17.7 Å². The summed E-state index contributed by atoms with van der Waals surface area (Å²) < 4.78 is 128. The number of hydrogen-bond acceptors (Lipinski definition) is 13. The average Bonchev–Trinajstić information content (AvgIpc) is 3.71. The number of nitrogens with one attached hydrogen (secondary N) is 3. The first-order valence-corrected chi connectivity index (χ1v) is 22.0.